The molecule has 0 spiro atoms. The summed E-state index contributed by atoms with van der Waals surface area (Å²) in [4.78, 5) is 14.1. The number of nitrogens with zero attached hydrogens (tertiary/aromatic N) is 1. The molecule has 0 N–H and O–H groups in total. The molecule has 1 aromatic rings. The third-order valence-corrected chi connectivity index (χ3v) is 3.11. The Morgan fingerprint density at radius 2 is 2.28 bits per heavy atom. The Bertz CT molecular complexity index is 451. The van der Waals surface area contributed by atoms with Crippen LogP contribution in [0.25, 0.3) is 0 Å². The van der Waals surface area contributed by atoms with E-state index >= 15 is 0 Å². The summed E-state index contributed by atoms with van der Waals surface area (Å²) >= 11 is 0. The number of benzene rings is 1. The van der Waals surface area contributed by atoms with Crippen LogP contribution >= 0.6 is 0 Å². The highest BCUT2D eigenvalue weighted by Crippen LogP contribution is 2.16. The Balaban J connectivity index is 2.18. The number of ether oxygens (including phenoxy) is 1. The number of ketones is 1. The van der Waals surface area contributed by atoms with Gasteiger partial charge in [-0.2, -0.15) is 0 Å². The van der Waals surface area contributed by atoms with Gasteiger partial charge >= 0.3 is 0 Å². The molecule has 0 aliphatic carbocycles. The van der Waals surface area contributed by atoms with Crippen molar-refractivity contribution in [2.24, 2.45) is 0 Å². The van der Waals surface area contributed by atoms with Crippen molar-refractivity contribution in [3.05, 3.63) is 35.4 Å². The number of morpholine rings is 1. The molecule has 0 amide bonds. The summed E-state index contributed by atoms with van der Waals surface area (Å²) in [5.41, 5.74) is -0.238. The van der Waals surface area contributed by atoms with E-state index < -0.39 is 23.5 Å². The van der Waals surface area contributed by atoms with Crippen molar-refractivity contribution in [3.8, 4) is 0 Å². The van der Waals surface area contributed by atoms with Crippen LogP contribution in [0.4, 0.5) is 8.78 Å². The molecule has 1 atom stereocenters. The Labute approximate surface area is 104 Å². The molecule has 0 saturated carbocycles. The predicted octanol–water partition coefficient (Wildman–Crippen LogP) is 1.87. The van der Waals surface area contributed by atoms with Gasteiger partial charge in [0.25, 0.3) is 0 Å². The molecular formula is C13H15F2NO2. The molecule has 1 aliphatic rings. The quantitative estimate of drug-likeness (QED) is 0.772. The number of halogens is 2. The third kappa shape index (κ3) is 2.57. The Morgan fingerprint density at radius 3 is 3.00 bits per heavy atom. The van der Waals surface area contributed by atoms with E-state index in [1.165, 1.54) is 12.1 Å². The molecule has 1 saturated heterocycles. The smallest absolute Gasteiger partial charge is 0.195 e. The maximum atomic E-state index is 13.5. The van der Waals surface area contributed by atoms with Crippen molar-refractivity contribution < 1.29 is 18.3 Å². The second kappa shape index (κ2) is 5.54. The summed E-state index contributed by atoms with van der Waals surface area (Å²) in [6.45, 7) is 4.40. The van der Waals surface area contributed by atoms with Crippen LogP contribution in [0.3, 0.4) is 0 Å². The van der Waals surface area contributed by atoms with Crippen molar-refractivity contribution in [2.45, 2.75) is 13.0 Å². The van der Waals surface area contributed by atoms with Crippen molar-refractivity contribution in [2.75, 3.05) is 26.2 Å². The number of likely N-dealkylation sites (N-methyl/N-ethyl adjacent to an activating group) is 1. The summed E-state index contributed by atoms with van der Waals surface area (Å²) < 4.78 is 31.9. The second-order valence-electron chi connectivity index (χ2n) is 4.22. The molecule has 1 aromatic carbocycles. The molecule has 1 aliphatic heterocycles. The molecule has 2 rings (SSSR count). The SMILES string of the molecule is CCN1CCOC(C(=O)c2cccc(F)c2F)C1. The average Bonchev–Trinajstić information content (AvgIpc) is 2.41. The first kappa shape index (κ1) is 13.1. The van der Waals surface area contributed by atoms with Crippen LogP contribution in [-0.2, 0) is 4.74 Å². The number of carbonyl (C=O) groups excluding carboxylic acids is 1. The van der Waals surface area contributed by atoms with Gasteiger partial charge in [0.15, 0.2) is 17.4 Å². The number of hydrogen-bond donors (Lipinski definition) is 0. The fraction of sp³-hybridized carbons (Fsp3) is 0.462. The lowest BCUT2D eigenvalue weighted by Crippen LogP contribution is -2.46. The lowest BCUT2D eigenvalue weighted by Gasteiger charge is -2.31. The van der Waals surface area contributed by atoms with E-state index in [1.807, 2.05) is 11.8 Å². The van der Waals surface area contributed by atoms with Crippen molar-refractivity contribution in [1.29, 1.82) is 0 Å². The van der Waals surface area contributed by atoms with E-state index in [4.69, 9.17) is 4.74 Å². The Hall–Kier alpha value is -1.33. The van der Waals surface area contributed by atoms with E-state index in [0.717, 1.165) is 19.2 Å². The lowest BCUT2D eigenvalue weighted by atomic mass is 10.0. The van der Waals surface area contributed by atoms with E-state index in [0.29, 0.717) is 13.2 Å². The number of carbonyl (C=O) groups is 1. The summed E-state index contributed by atoms with van der Waals surface area (Å²) in [6, 6.07) is 3.60. The first-order chi connectivity index (χ1) is 8.63. The van der Waals surface area contributed by atoms with Gasteiger partial charge in [0.2, 0.25) is 0 Å². The van der Waals surface area contributed by atoms with Crippen LogP contribution in [0, 0.1) is 11.6 Å². The van der Waals surface area contributed by atoms with Crippen LogP contribution in [0.1, 0.15) is 17.3 Å². The van der Waals surface area contributed by atoms with Gasteiger partial charge < -0.3 is 4.74 Å². The topological polar surface area (TPSA) is 29.5 Å². The monoisotopic (exact) mass is 255 g/mol. The van der Waals surface area contributed by atoms with Gasteiger partial charge in [0, 0.05) is 13.1 Å². The fourth-order valence-electron chi connectivity index (χ4n) is 2.02. The Morgan fingerprint density at radius 1 is 1.50 bits per heavy atom. The number of hydrogen-bond acceptors (Lipinski definition) is 3. The molecule has 1 unspecified atom stereocenters. The molecule has 1 heterocycles. The van der Waals surface area contributed by atoms with Crippen LogP contribution in [-0.4, -0.2) is 43.0 Å². The van der Waals surface area contributed by atoms with Crippen molar-refractivity contribution >= 4 is 5.78 Å². The zero-order valence-corrected chi connectivity index (χ0v) is 10.2. The highest BCUT2D eigenvalue weighted by atomic mass is 19.2. The first-order valence-corrected chi connectivity index (χ1v) is 5.95. The molecule has 18 heavy (non-hydrogen) atoms. The molecule has 0 radical (unpaired) electrons. The van der Waals surface area contributed by atoms with Crippen molar-refractivity contribution in [3.63, 3.8) is 0 Å². The van der Waals surface area contributed by atoms with E-state index in [-0.39, 0.29) is 5.56 Å². The minimum Gasteiger partial charge on any atom is -0.367 e. The van der Waals surface area contributed by atoms with Crippen LogP contribution in [0.2, 0.25) is 0 Å². The van der Waals surface area contributed by atoms with Gasteiger partial charge in [-0.25, -0.2) is 8.78 Å². The molecule has 1 fully saturated rings. The second-order valence-corrected chi connectivity index (χ2v) is 4.22. The van der Waals surface area contributed by atoms with Crippen molar-refractivity contribution in [1.82, 2.24) is 4.90 Å². The molecule has 3 nitrogen and oxygen atoms in total. The van der Waals surface area contributed by atoms with Crippen LogP contribution < -0.4 is 0 Å². The number of Topliss-reactive ketones (excluding diaryl/α,β-unsaturated/α-hetero) is 1. The third-order valence-electron chi connectivity index (χ3n) is 3.11. The molecular weight excluding hydrogens is 240 g/mol. The standard InChI is InChI=1S/C13H15F2NO2/c1-2-16-6-7-18-11(8-16)13(17)9-4-3-5-10(14)12(9)15/h3-5,11H,2,6-8H2,1H3. The molecule has 0 aromatic heterocycles. The molecule has 98 valence electrons. The predicted molar refractivity (Wildman–Crippen MR) is 62.5 cm³/mol. The summed E-state index contributed by atoms with van der Waals surface area (Å²) in [5.74, 6) is -2.60. The first-order valence-electron chi connectivity index (χ1n) is 5.95. The van der Waals surface area contributed by atoms with E-state index in [1.54, 1.807) is 0 Å². The zero-order valence-electron chi connectivity index (χ0n) is 10.2. The van der Waals surface area contributed by atoms with Gasteiger partial charge in [0.05, 0.1) is 12.2 Å². The molecule has 0 bridgehead atoms. The normalized spacial score (nSPS) is 20.9. The summed E-state index contributed by atoms with van der Waals surface area (Å²) in [6.07, 6.45) is -0.713. The maximum Gasteiger partial charge on any atom is 0.195 e. The lowest BCUT2D eigenvalue weighted by molar-refractivity contribution is -0.0150. The van der Waals surface area contributed by atoms with E-state index in [9.17, 15) is 13.6 Å². The highest BCUT2D eigenvalue weighted by Gasteiger charge is 2.29. The van der Waals surface area contributed by atoms with Gasteiger partial charge in [0.1, 0.15) is 6.10 Å². The summed E-state index contributed by atoms with van der Waals surface area (Å²) in [7, 11) is 0. The Kier molecular flexibility index (Phi) is 4.04. The van der Waals surface area contributed by atoms with Gasteiger partial charge in [-0.3, -0.25) is 9.69 Å². The number of rotatable bonds is 3. The fourth-order valence-corrected chi connectivity index (χ4v) is 2.02. The largest absolute Gasteiger partial charge is 0.367 e. The minimum atomic E-state index is -1.10. The maximum absolute atomic E-state index is 13.5. The van der Waals surface area contributed by atoms with Gasteiger partial charge in [-0.15, -0.1) is 0 Å². The zero-order chi connectivity index (χ0) is 13.1. The van der Waals surface area contributed by atoms with E-state index in [2.05, 4.69) is 0 Å². The summed E-state index contributed by atoms with van der Waals surface area (Å²) in [5, 5.41) is 0. The highest BCUT2D eigenvalue weighted by molar-refractivity contribution is 6.00. The minimum absolute atomic E-state index is 0.238. The molecule has 5 heteroatoms. The van der Waals surface area contributed by atoms with Crippen LogP contribution in [0.15, 0.2) is 18.2 Å². The van der Waals surface area contributed by atoms with Crippen LogP contribution in [0.5, 0.6) is 0 Å². The average molecular weight is 255 g/mol. The van der Waals surface area contributed by atoms with Gasteiger partial charge in [-0.1, -0.05) is 13.0 Å². The van der Waals surface area contributed by atoms with Gasteiger partial charge in [-0.05, 0) is 18.7 Å².